The molecular formula is C14H17N3O2. The van der Waals surface area contributed by atoms with E-state index in [1.165, 1.54) is 0 Å². The van der Waals surface area contributed by atoms with Crippen LogP contribution in [-0.4, -0.2) is 18.9 Å². The second-order valence-electron chi connectivity index (χ2n) is 4.36. The number of para-hydroxylation sites is 1. The number of hydrogen-bond acceptors (Lipinski definition) is 3. The van der Waals surface area contributed by atoms with E-state index < -0.39 is 6.03 Å². The van der Waals surface area contributed by atoms with Gasteiger partial charge < -0.3 is 10.5 Å². The van der Waals surface area contributed by atoms with Gasteiger partial charge in [0.05, 0.1) is 12.8 Å². The topological polar surface area (TPSA) is 76.7 Å². The van der Waals surface area contributed by atoms with Gasteiger partial charge in [-0.2, -0.15) is 5.10 Å². The molecule has 0 atom stereocenters. The van der Waals surface area contributed by atoms with E-state index in [9.17, 15) is 4.79 Å². The summed E-state index contributed by atoms with van der Waals surface area (Å²) in [6.45, 7) is 0. The average Bonchev–Trinajstić information content (AvgIpc) is 3.23. The number of allylic oxidation sites excluding steroid dienone is 1. The number of amides is 2. The van der Waals surface area contributed by atoms with Crippen molar-refractivity contribution in [3.63, 3.8) is 0 Å². The molecule has 0 aliphatic heterocycles. The van der Waals surface area contributed by atoms with Gasteiger partial charge in [0.15, 0.2) is 0 Å². The number of methoxy groups -OCH3 is 1. The predicted molar refractivity (Wildman–Crippen MR) is 74.9 cm³/mol. The maximum Gasteiger partial charge on any atom is 0.332 e. The van der Waals surface area contributed by atoms with Crippen molar-refractivity contribution in [3.05, 3.63) is 35.9 Å². The van der Waals surface area contributed by atoms with Gasteiger partial charge in [0.2, 0.25) is 0 Å². The molecule has 0 bridgehead atoms. The molecule has 100 valence electrons. The number of carbonyl (C=O) groups excluding carboxylic acids is 1. The quantitative estimate of drug-likeness (QED) is 0.627. The number of nitrogens with zero attached hydrogens (tertiary/aromatic N) is 1. The summed E-state index contributed by atoms with van der Waals surface area (Å²) in [5.74, 6) is 1.22. The minimum atomic E-state index is -0.649. The third-order valence-corrected chi connectivity index (χ3v) is 2.86. The van der Waals surface area contributed by atoms with E-state index in [0.29, 0.717) is 5.92 Å². The maximum absolute atomic E-state index is 10.7. The van der Waals surface area contributed by atoms with Crippen LogP contribution in [0.1, 0.15) is 18.4 Å². The number of carbonyl (C=O) groups is 1. The molecule has 0 unspecified atom stereocenters. The number of rotatable bonds is 5. The summed E-state index contributed by atoms with van der Waals surface area (Å²) in [4.78, 5) is 10.7. The van der Waals surface area contributed by atoms with Crippen LogP contribution >= 0.6 is 0 Å². The number of ether oxygens (including phenoxy) is 1. The Morgan fingerprint density at radius 2 is 2.21 bits per heavy atom. The van der Waals surface area contributed by atoms with Gasteiger partial charge >= 0.3 is 6.03 Å². The van der Waals surface area contributed by atoms with Gasteiger partial charge in [-0.05, 0) is 31.1 Å². The van der Waals surface area contributed by atoms with Crippen LogP contribution in [0.5, 0.6) is 5.75 Å². The van der Waals surface area contributed by atoms with Gasteiger partial charge in [-0.25, -0.2) is 10.2 Å². The van der Waals surface area contributed by atoms with Gasteiger partial charge in [-0.3, -0.25) is 0 Å². The molecule has 2 rings (SSSR count). The average molecular weight is 259 g/mol. The molecule has 5 nitrogen and oxygen atoms in total. The van der Waals surface area contributed by atoms with Crippen LogP contribution in [0.15, 0.2) is 35.4 Å². The van der Waals surface area contributed by atoms with E-state index in [4.69, 9.17) is 10.5 Å². The maximum atomic E-state index is 10.7. The molecule has 0 aromatic heterocycles. The Kier molecular flexibility index (Phi) is 4.18. The first-order valence-corrected chi connectivity index (χ1v) is 6.15. The number of nitrogens with two attached hydrogens (primary N) is 1. The van der Waals surface area contributed by atoms with Crippen LogP contribution in [-0.2, 0) is 0 Å². The van der Waals surface area contributed by atoms with Gasteiger partial charge in [0.25, 0.3) is 0 Å². The fourth-order valence-corrected chi connectivity index (χ4v) is 1.74. The van der Waals surface area contributed by atoms with Crippen molar-refractivity contribution >= 4 is 17.8 Å². The zero-order chi connectivity index (χ0) is 13.7. The zero-order valence-corrected chi connectivity index (χ0v) is 10.8. The zero-order valence-electron chi connectivity index (χ0n) is 10.8. The number of benzene rings is 1. The minimum absolute atomic E-state index is 0.415. The number of hydrogen-bond donors (Lipinski definition) is 2. The summed E-state index contributed by atoms with van der Waals surface area (Å²) >= 11 is 0. The van der Waals surface area contributed by atoms with Gasteiger partial charge in [-0.15, -0.1) is 0 Å². The third kappa shape index (κ3) is 3.84. The van der Waals surface area contributed by atoms with E-state index >= 15 is 0 Å². The number of urea groups is 1. The van der Waals surface area contributed by atoms with Crippen LogP contribution in [0.4, 0.5) is 4.79 Å². The van der Waals surface area contributed by atoms with E-state index in [1.54, 1.807) is 7.11 Å². The molecule has 3 N–H and O–H groups in total. The molecule has 2 amide bonds. The SMILES string of the molecule is COc1ccccc1C=CC(=NNC(N)=O)C1CC1. The normalized spacial score (nSPS) is 15.5. The fraction of sp³-hybridized carbons (Fsp3) is 0.286. The fourth-order valence-electron chi connectivity index (χ4n) is 1.74. The van der Waals surface area contributed by atoms with Crippen LogP contribution in [0.2, 0.25) is 0 Å². The third-order valence-electron chi connectivity index (χ3n) is 2.86. The molecule has 19 heavy (non-hydrogen) atoms. The van der Waals surface area contributed by atoms with Crippen molar-refractivity contribution in [2.24, 2.45) is 16.8 Å². The van der Waals surface area contributed by atoms with Crippen molar-refractivity contribution in [1.82, 2.24) is 5.43 Å². The summed E-state index contributed by atoms with van der Waals surface area (Å²) in [7, 11) is 1.64. The lowest BCUT2D eigenvalue weighted by Crippen LogP contribution is -2.25. The second-order valence-corrected chi connectivity index (χ2v) is 4.36. The van der Waals surface area contributed by atoms with E-state index in [2.05, 4.69) is 10.5 Å². The molecule has 0 radical (unpaired) electrons. The van der Waals surface area contributed by atoms with Crippen LogP contribution in [0, 0.1) is 5.92 Å². The Hall–Kier alpha value is -2.30. The minimum Gasteiger partial charge on any atom is -0.496 e. The van der Waals surface area contributed by atoms with Crippen molar-refractivity contribution in [2.45, 2.75) is 12.8 Å². The highest BCUT2D eigenvalue weighted by atomic mass is 16.5. The summed E-state index contributed by atoms with van der Waals surface area (Å²) in [6, 6.07) is 7.07. The van der Waals surface area contributed by atoms with Crippen LogP contribution < -0.4 is 15.9 Å². The Morgan fingerprint density at radius 3 is 2.84 bits per heavy atom. The summed E-state index contributed by atoms with van der Waals surface area (Å²) in [5, 5.41) is 4.02. The standard InChI is InChI=1S/C14H17N3O2/c1-19-13-5-3-2-4-11(13)8-9-12(10-6-7-10)16-17-14(15)18/h2-5,8-10H,6-7H2,1H3,(H3,15,17,18). The van der Waals surface area contributed by atoms with Gasteiger partial charge in [0.1, 0.15) is 5.75 Å². The Morgan fingerprint density at radius 1 is 1.47 bits per heavy atom. The molecule has 0 saturated heterocycles. The van der Waals surface area contributed by atoms with Crippen molar-refractivity contribution < 1.29 is 9.53 Å². The second kappa shape index (κ2) is 6.04. The smallest absolute Gasteiger partial charge is 0.332 e. The van der Waals surface area contributed by atoms with Crippen molar-refractivity contribution in [3.8, 4) is 5.75 Å². The highest BCUT2D eigenvalue weighted by molar-refractivity contribution is 6.01. The Labute approximate surface area is 112 Å². The number of primary amides is 1. The van der Waals surface area contributed by atoms with Gasteiger partial charge in [-0.1, -0.05) is 18.2 Å². The molecule has 1 aliphatic carbocycles. The highest BCUT2D eigenvalue weighted by Crippen LogP contribution is 2.31. The molecule has 1 aromatic carbocycles. The lowest BCUT2D eigenvalue weighted by Gasteiger charge is -2.04. The molecule has 0 spiro atoms. The van der Waals surface area contributed by atoms with Crippen molar-refractivity contribution in [2.75, 3.05) is 7.11 Å². The Bertz CT molecular complexity index is 519. The van der Waals surface area contributed by atoms with Crippen LogP contribution in [0.3, 0.4) is 0 Å². The number of hydrazone groups is 1. The van der Waals surface area contributed by atoms with E-state index in [-0.39, 0.29) is 0 Å². The monoisotopic (exact) mass is 259 g/mol. The summed E-state index contributed by atoms with van der Waals surface area (Å²) in [6.07, 6.45) is 6.01. The molecule has 5 heteroatoms. The largest absolute Gasteiger partial charge is 0.496 e. The lowest BCUT2D eigenvalue weighted by molar-refractivity contribution is 0.249. The highest BCUT2D eigenvalue weighted by Gasteiger charge is 2.26. The predicted octanol–water partition coefficient (Wildman–Crippen LogP) is 2.14. The van der Waals surface area contributed by atoms with E-state index in [0.717, 1.165) is 29.9 Å². The van der Waals surface area contributed by atoms with E-state index in [1.807, 2.05) is 36.4 Å². The number of nitrogens with one attached hydrogen (secondary N) is 1. The Balaban J connectivity index is 2.14. The summed E-state index contributed by atoms with van der Waals surface area (Å²) < 4.78 is 5.27. The van der Waals surface area contributed by atoms with Crippen LogP contribution in [0.25, 0.3) is 6.08 Å². The molecule has 1 aliphatic rings. The first-order valence-electron chi connectivity index (χ1n) is 6.15. The molecular weight excluding hydrogens is 242 g/mol. The molecule has 1 fully saturated rings. The summed E-state index contributed by atoms with van der Waals surface area (Å²) in [5.41, 5.74) is 9.10. The lowest BCUT2D eigenvalue weighted by atomic mass is 10.1. The van der Waals surface area contributed by atoms with Gasteiger partial charge in [0, 0.05) is 11.5 Å². The first-order chi connectivity index (χ1) is 9.20. The first kappa shape index (κ1) is 13.1. The molecule has 1 aromatic rings. The molecule has 0 heterocycles. The van der Waals surface area contributed by atoms with Crippen molar-refractivity contribution in [1.29, 1.82) is 0 Å². The molecule has 1 saturated carbocycles.